The number of anilines is 1. The molecule has 2 rings (SSSR count). The van der Waals surface area contributed by atoms with Gasteiger partial charge in [-0.05, 0) is 24.3 Å². The molecular weight excluding hydrogens is 277 g/mol. The first kappa shape index (κ1) is 13.1. The molecule has 19 heavy (non-hydrogen) atoms. The van der Waals surface area contributed by atoms with Crippen LogP contribution in [0.15, 0.2) is 46.1 Å². The molecule has 0 bridgehead atoms. The zero-order valence-corrected chi connectivity index (χ0v) is 10.1. The van der Waals surface area contributed by atoms with Gasteiger partial charge in [0.1, 0.15) is 11.4 Å². The molecule has 0 amide bonds. The van der Waals surface area contributed by atoms with Gasteiger partial charge in [0, 0.05) is 0 Å². The first-order chi connectivity index (χ1) is 8.92. The Kier molecular flexibility index (Phi) is 3.26. The molecule has 100 valence electrons. The van der Waals surface area contributed by atoms with E-state index < -0.39 is 32.5 Å². The third-order valence-corrected chi connectivity index (χ3v) is 3.48. The summed E-state index contributed by atoms with van der Waals surface area (Å²) in [7, 11) is -4.09. The van der Waals surface area contributed by atoms with E-state index >= 15 is 0 Å². The van der Waals surface area contributed by atoms with Crippen LogP contribution in [0.3, 0.4) is 0 Å². The second kappa shape index (κ2) is 4.73. The fourth-order valence-corrected chi connectivity index (χ4v) is 2.44. The van der Waals surface area contributed by atoms with E-state index in [4.69, 9.17) is 9.52 Å². The van der Waals surface area contributed by atoms with Crippen LogP contribution in [-0.2, 0) is 10.0 Å². The first-order valence-corrected chi connectivity index (χ1v) is 6.48. The van der Waals surface area contributed by atoms with Gasteiger partial charge in [0.15, 0.2) is 0 Å². The van der Waals surface area contributed by atoms with Crippen molar-refractivity contribution < 1.29 is 27.1 Å². The highest BCUT2D eigenvalue weighted by molar-refractivity contribution is 7.92. The molecule has 0 spiro atoms. The van der Waals surface area contributed by atoms with E-state index in [1.54, 1.807) is 0 Å². The maximum absolute atomic E-state index is 13.4. The van der Waals surface area contributed by atoms with Crippen LogP contribution in [0.5, 0.6) is 0 Å². The molecule has 1 aromatic carbocycles. The number of hydrogen-bond donors (Lipinski definition) is 2. The van der Waals surface area contributed by atoms with E-state index in [0.29, 0.717) is 0 Å². The van der Waals surface area contributed by atoms with Crippen LogP contribution in [0.4, 0.5) is 10.1 Å². The number of sulfonamides is 1. The molecule has 0 radical (unpaired) electrons. The van der Waals surface area contributed by atoms with E-state index in [1.165, 1.54) is 18.2 Å². The Bertz CT molecular complexity index is 709. The molecule has 1 aromatic heterocycles. The second-order valence-electron chi connectivity index (χ2n) is 3.51. The highest BCUT2D eigenvalue weighted by Crippen LogP contribution is 2.22. The van der Waals surface area contributed by atoms with E-state index in [9.17, 15) is 17.6 Å². The Labute approximate surface area is 107 Å². The normalized spacial score (nSPS) is 11.2. The van der Waals surface area contributed by atoms with E-state index in [0.717, 1.165) is 18.4 Å². The van der Waals surface area contributed by atoms with E-state index in [2.05, 4.69) is 0 Å². The first-order valence-electron chi connectivity index (χ1n) is 5.00. The van der Waals surface area contributed by atoms with Crippen molar-refractivity contribution in [1.82, 2.24) is 0 Å². The molecule has 0 atom stereocenters. The van der Waals surface area contributed by atoms with Crippen molar-refractivity contribution in [2.45, 2.75) is 5.09 Å². The number of carboxylic acids is 1. The average molecular weight is 285 g/mol. The molecule has 8 heteroatoms. The Morgan fingerprint density at radius 3 is 2.58 bits per heavy atom. The van der Waals surface area contributed by atoms with Crippen molar-refractivity contribution in [2.75, 3.05) is 4.72 Å². The van der Waals surface area contributed by atoms with Crippen LogP contribution >= 0.6 is 0 Å². The van der Waals surface area contributed by atoms with Crippen molar-refractivity contribution >= 4 is 21.7 Å². The maximum atomic E-state index is 13.4. The number of carboxylic acid groups (broad SMARTS) is 1. The lowest BCUT2D eigenvalue weighted by Crippen LogP contribution is -2.15. The molecule has 6 nitrogen and oxygen atoms in total. The summed E-state index contributed by atoms with van der Waals surface area (Å²) in [5.74, 6) is -2.61. The molecule has 0 saturated heterocycles. The second-order valence-corrected chi connectivity index (χ2v) is 5.12. The quantitative estimate of drug-likeness (QED) is 0.894. The van der Waals surface area contributed by atoms with E-state index in [-0.39, 0.29) is 5.69 Å². The summed E-state index contributed by atoms with van der Waals surface area (Å²) in [6, 6.07) is 5.81. The molecule has 2 N–H and O–H groups in total. The number of nitrogens with one attached hydrogen (secondary N) is 1. The fourth-order valence-electron chi connectivity index (χ4n) is 1.44. The van der Waals surface area contributed by atoms with Crippen LogP contribution in [0.25, 0.3) is 0 Å². The SMILES string of the molecule is O=C(O)c1c(F)cccc1NS(=O)(=O)c1ccco1. The topological polar surface area (TPSA) is 96.6 Å². The van der Waals surface area contributed by atoms with Gasteiger partial charge in [0.25, 0.3) is 10.0 Å². The number of carbonyl (C=O) groups is 1. The summed E-state index contributed by atoms with van der Waals surface area (Å²) >= 11 is 0. The smallest absolute Gasteiger partial charge is 0.340 e. The number of hydrogen-bond acceptors (Lipinski definition) is 4. The summed E-state index contributed by atoms with van der Waals surface area (Å²) in [5.41, 5.74) is -1.12. The standard InChI is InChI=1S/C11H8FNO5S/c12-7-3-1-4-8(10(7)11(14)15)13-19(16,17)9-5-2-6-18-9/h1-6,13H,(H,14,15). The van der Waals surface area contributed by atoms with Crippen molar-refractivity contribution in [3.63, 3.8) is 0 Å². The van der Waals surface area contributed by atoms with Gasteiger partial charge in [-0.15, -0.1) is 0 Å². The third kappa shape index (κ3) is 2.58. The lowest BCUT2D eigenvalue weighted by molar-refractivity contribution is 0.0693. The molecule has 1 heterocycles. The summed E-state index contributed by atoms with van der Waals surface area (Å²) in [6.45, 7) is 0. The summed E-state index contributed by atoms with van der Waals surface area (Å²) in [5, 5.41) is 8.48. The zero-order chi connectivity index (χ0) is 14.0. The lowest BCUT2D eigenvalue weighted by atomic mass is 10.2. The van der Waals surface area contributed by atoms with Gasteiger partial charge >= 0.3 is 5.97 Å². The molecule has 2 aromatic rings. The average Bonchev–Trinajstić information content (AvgIpc) is 2.81. The minimum absolute atomic E-state index is 0.371. The zero-order valence-electron chi connectivity index (χ0n) is 9.33. The predicted molar refractivity (Wildman–Crippen MR) is 62.9 cm³/mol. The molecule has 0 unspecified atom stereocenters. The number of benzene rings is 1. The van der Waals surface area contributed by atoms with Crippen LogP contribution in [0.2, 0.25) is 0 Å². The Balaban J connectivity index is 2.45. The van der Waals surface area contributed by atoms with Crippen molar-refractivity contribution in [1.29, 1.82) is 0 Å². The van der Waals surface area contributed by atoms with Gasteiger partial charge in [-0.1, -0.05) is 6.07 Å². The molecule has 0 fully saturated rings. The Hall–Kier alpha value is -2.35. The highest BCUT2D eigenvalue weighted by Gasteiger charge is 2.22. The molecule has 0 aliphatic carbocycles. The Morgan fingerprint density at radius 1 is 1.26 bits per heavy atom. The number of halogens is 1. The summed E-state index contributed by atoms with van der Waals surface area (Å²) in [4.78, 5) is 10.9. The van der Waals surface area contributed by atoms with Gasteiger partial charge in [-0.2, -0.15) is 8.42 Å². The summed E-state index contributed by atoms with van der Waals surface area (Å²) in [6.07, 6.45) is 1.15. The maximum Gasteiger partial charge on any atom is 0.340 e. The van der Waals surface area contributed by atoms with Gasteiger partial charge in [-0.3, -0.25) is 4.72 Å². The number of rotatable bonds is 4. The molecular formula is C11H8FNO5S. The van der Waals surface area contributed by atoms with Gasteiger partial charge in [-0.25, -0.2) is 9.18 Å². The van der Waals surface area contributed by atoms with Crippen LogP contribution in [0.1, 0.15) is 10.4 Å². The monoisotopic (exact) mass is 285 g/mol. The van der Waals surface area contributed by atoms with Crippen molar-refractivity contribution in [2.24, 2.45) is 0 Å². The third-order valence-electron chi connectivity index (χ3n) is 2.23. The van der Waals surface area contributed by atoms with Gasteiger partial charge in [0.05, 0.1) is 12.0 Å². The molecule has 0 aliphatic heterocycles. The van der Waals surface area contributed by atoms with Crippen molar-refractivity contribution in [3.8, 4) is 0 Å². The van der Waals surface area contributed by atoms with Gasteiger partial charge < -0.3 is 9.52 Å². The minimum atomic E-state index is -4.09. The highest BCUT2D eigenvalue weighted by atomic mass is 32.2. The van der Waals surface area contributed by atoms with E-state index in [1.807, 2.05) is 4.72 Å². The fraction of sp³-hybridized carbons (Fsp3) is 0. The largest absolute Gasteiger partial charge is 0.478 e. The molecule has 0 saturated carbocycles. The van der Waals surface area contributed by atoms with Crippen molar-refractivity contribution in [3.05, 3.63) is 48.0 Å². The van der Waals surface area contributed by atoms with Crippen LogP contribution in [-0.4, -0.2) is 19.5 Å². The number of aromatic carboxylic acids is 1. The minimum Gasteiger partial charge on any atom is -0.478 e. The van der Waals surface area contributed by atoms with Crippen LogP contribution in [0, 0.1) is 5.82 Å². The predicted octanol–water partition coefficient (Wildman–Crippen LogP) is 1.92. The summed E-state index contributed by atoms with van der Waals surface area (Å²) < 4.78 is 43.7. The van der Waals surface area contributed by atoms with Gasteiger partial charge in [0.2, 0.25) is 5.09 Å². The lowest BCUT2D eigenvalue weighted by Gasteiger charge is -2.09. The van der Waals surface area contributed by atoms with Crippen LogP contribution < -0.4 is 4.72 Å². The Morgan fingerprint density at radius 2 is 2.00 bits per heavy atom. The molecule has 0 aliphatic rings. The number of furan rings is 1.